The summed E-state index contributed by atoms with van der Waals surface area (Å²) in [6.07, 6.45) is 34.1. The van der Waals surface area contributed by atoms with Gasteiger partial charge in [-0.25, -0.2) is 0 Å². The standard InChI is InChI=1S/C28H58O.H2O4S/c1-3-5-7-9-11-13-15-17-19-21-23-25-27-29-28-26-24-22-20-18-16-14-12-10-8-6-4-2;1-5(2,3)4/h3-28H2,1-2H3;(H2,1,2,3,4). The number of hydrogen-bond donors (Lipinski definition) is 2. The fraction of sp³-hybridized carbons (Fsp3) is 1.00. The molecule has 0 spiro atoms. The first kappa shape index (κ1) is 36.0. The van der Waals surface area contributed by atoms with Gasteiger partial charge in [0.2, 0.25) is 0 Å². The molecule has 0 amide bonds. The van der Waals surface area contributed by atoms with E-state index in [1.54, 1.807) is 0 Å². The van der Waals surface area contributed by atoms with Crippen LogP contribution in [0.2, 0.25) is 0 Å². The number of unbranched alkanes of at least 4 members (excludes halogenated alkanes) is 22. The van der Waals surface area contributed by atoms with E-state index in [-0.39, 0.29) is 0 Å². The van der Waals surface area contributed by atoms with Crippen molar-refractivity contribution < 1.29 is 22.3 Å². The molecule has 0 bridgehead atoms. The van der Waals surface area contributed by atoms with E-state index in [1.165, 1.54) is 154 Å². The Labute approximate surface area is 213 Å². The highest BCUT2D eigenvalue weighted by Crippen LogP contribution is 2.13. The molecule has 0 unspecified atom stereocenters. The van der Waals surface area contributed by atoms with Gasteiger partial charge in [0.05, 0.1) is 0 Å². The summed E-state index contributed by atoms with van der Waals surface area (Å²) in [4.78, 5) is 0. The highest BCUT2D eigenvalue weighted by Gasteiger charge is 1.96. The van der Waals surface area contributed by atoms with Crippen molar-refractivity contribution in [3.05, 3.63) is 0 Å². The lowest BCUT2D eigenvalue weighted by Gasteiger charge is -2.05. The molecule has 0 aromatic rings. The van der Waals surface area contributed by atoms with Gasteiger partial charge < -0.3 is 4.74 Å². The molecule has 0 aromatic heterocycles. The number of ether oxygens (including phenoxy) is 1. The van der Waals surface area contributed by atoms with Crippen LogP contribution < -0.4 is 0 Å². The molecular weight excluding hydrogens is 448 g/mol. The zero-order valence-corrected chi connectivity index (χ0v) is 23.7. The Morgan fingerprint density at radius 3 is 0.794 bits per heavy atom. The van der Waals surface area contributed by atoms with Gasteiger partial charge in [-0.1, -0.05) is 155 Å². The summed E-state index contributed by atoms with van der Waals surface area (Å²) in [5, 5.41) is 0. The van der Waals surface area contributed by atoms with Gasteiger partial charge in [0.1, 0.15) is 0 Å². The molecule has 34 heavy (non-hydrogen) atoms. The van der Waals surface area contributed by atoms with Gasteiger partial charge in [0.15, 0.2) is 0 Å². The van der Waals surface area contributed by atoms with E-state index in [0.717, 1.165) is 13.2 Å². The molecule has 2 N–H and O–H groups in total. The first-order chi connectivity index (χ1) is 16.4. The van der Waals surface area contributed by atoms with Crippen LogP contribution in [-0.4, -0.2) is 30.7 Å². The zero-order chi connectivity index (χ0) is 25.6. The van der Waals surface area contributed by atoms with Crippen LogP contribution in [0.3, 0.4) is 0 Å². The quantitative estimate of drug-likeness (QED) is 0.0897. The minimum Gasteiger partial charge on any atom is -0.381 e. The second-order valence-electron chi connectivity index (χ2n) is 9.84. The SMILES string of the molecule is CCCCCCCCCCCCCCOCCCCCCCCCCCCCC.O=S(=O)(O)O. The first-order valence-corrected chi connectivity index (χ1v) is 16.1. The first-order valence-electron chi connectivity index (χ1n) is 14.7. The molecule has 6 heteroatoms. The molecule has 0 aliphatic rings. The summed E-state index contributed by atoms with van der Waals surface area (Å²) in [6.45, 7) is 6.58. The van der Waals surface area contributed by atoms with E-state index < -0.39 is 10.4 Å². The Bertz CT molecular complexity index is 420. The van der Waals surface area contributed by atoms with E-state index in [1.807, 2.05) is 0 Å². The van der Waals surface area contributed by atoms with Crippen LogP contribution in [0.1, 0.15) is 168 Å². The second-order valence-corrected chi connectivity index (χ2v) is 10.7. The smallest absolute Gasteiger partial charge is 0.381 e. The van der Waals surface area contributed by atoms with E-state index in [2.05, 4.69) is 13.8 Å². The van der Waals surface area contributed by atoms with Gasteiger partial charge >= 0.3 is 10.4 Å². The molecule has 0 heterocycles. The average molecular weight is 509 g/mol. The van der Waals surface area contributed by atoms with Gasteiger partial charge in [-0.3, -0.25) is 9.11 Å². The third-order valence-corrected chi connectivity index (χ3v) is 6.28. The Kier molecular flexibility index (Phi) is 32.7. The van der Waals surface area contributed by atoms with Gasteiger partial charge in [0, 0.05) is 13.2 Å². The molecule has 0 radical (unpaired) electrons. The van der Waals surface area contributed by atoms with Gasteiger partial charge in [0.25, 0.3) is 0 Å². The van der Waals surface area contributed by atoms with Crippen LogP contribution >= 0.6 is 0 Å². The van der Waals surface area contributed by atoms with Crippen LogP contribution in [0.4, 0.5) is 0 Å². The van der Waals surface area contributed by atoms with Crippen molar-refractivity contribution in [3.63, 3.8) is 0 Å². The van der Waals surface area contributed by atoms with E-state index >= 15 is 0 Å². The van der Waals surface area contributed by atoms with Crippen LogP contribution in [0.25, 0.3) is 0 Å². The Balaban J connectivity index is 0. The van der Waals surface area contributed by atoms with Crippen molar-refractivity contribution in [1.29, 1.82) is 0 Å². The summed E-state index contributed by atoms with van der Waals surface area (Å²) >= 11 is 0. The molecule has 208 valence electrons. The second kappa shape index (κ2) is 30.9. The average Bonchev–Trinajstić information content (AvgIpc) is 2.78. The van der Waals surface area contributed by atoms with Gasteiger partial charge in [-0.05, 0) is 12.8 Å². The van der Waals surface area contributed by atoms with Crippen molar-refractivity contribution in [2.24, 2.45) is 0 Å². The summed E-state index contributed by atoms with van der Waals surface area (Å²) < 4.78 is 37.4. The minimum absolute atomic E-state index is 0.995. The Morgan fingerprint density at radius 1 is 0.412 bits per heavy atom. The number of hydrogen-bond acceptors (Lipinski definition) is 3. The lowest BCUT2D eigenvalue weighted by Crippen LogP contribution is -1.97. The van der Waals surface area contributed by atoms with Gasteiger partial charge in [-0.15, -0.1) is 0 Å². The van der Waals surface area contributed by atoms with Crippen LogP contribution in [0.5, 0.6) is 0 Å². The third-order valence-electron chi connectivity index (χ3n) is 6.28. The maximum absolute atomic E-state index is 8.74. The highest BCUT2D eigenvalue weighted by molar-refractivity contribution is 7.79. The number of rotatable bonds is 26. The third kappa shape index (κ3) is 45.3. The summed E-state index contributed by atoms with van der Waals surface area (Å²) in [5.74, 6) is 0. The molecular formula is C28H60O5S. The van der Waals surface area contributed by atoms with Crippen molar-refractivity contribution in [2.75, 3.05) is 13.2 Å². The predicted octanol–water partition coefficient (Wildman–Crippen LogP) is 9.75. The fourth-order valence-corrected chi connectivity index (χ4v) is 4.19. The van der Waals surface area contributed by atoms with Gasteiger partial charge in [-0.2, -0.15) is 8.42 Å². The Hall–Kier alpha value is -0.170. The van der Waals surface area contributed by atoms with Crippen molar-refractivity contribution in [3.8, 4) is 0 Å². The predicted molar refractivity (Wildman–Crippen MR) is 147 cm³/mol. The lowest BCUT2D eigenvalue weighted by molar-refractivity contribution is 0.125. The van der Waals surface area contributed by atoms with Crippen LogP contribution in [-0.2, 0) is 15.1 Å². The molecule has 0 atom stereocenters. The van der Waals surface area contributed by atoms with E-state index in [0.29, 0.717) is 0 Å². The minimum atomic E-state index is -4.67. The molecule has 0 saturated heterocycles. The molecule has 0 saturated carbocycles. The van der Waals surface area contributed by atoms with Crippen molar-refractivity contribution in [1.82, 2.24) is 0 Å². The lowest BCUT2D eigenvalue weighted by atomic mass is 10.1. The topological polar surface area (TPSA) is 83.8 Å². The molecule has 0 aliphatic heterocycles. The zero-order valence-electron chi connectivity index (χ0n) is 22.9. The molecule has 0 aliphatic carbocycles. The largest absolute Gasteiger partial charge is 0.394 e. The van der Waals surface area contributed by atoms with E-state index in [9.17, 15) is 0 Å². The molecule has 5 nitrogen and oxygen atoms in total. The maximum Gasteiger partial charge on any atom is 0.394 e. The molecule has 0 aromatic carbocycles. The fourth-order valence-electron chi connectivity index (χ4n) is 4.19. The highest BCUT2D eigenvalue weighted by atomic mass is 32.3. The molecule has 0 fully saturated rings. The van der Waals surface area contributed by atoms with Crippen LogP contribution in [0, 0.1) is 0 Å². The summed E-state index contributed by atoms with van der Waals surface area (Å²) in [5.41, 5.74) is 0. The molecule has 0 rings (SSSR count). The summed E-state index contributed by atoms with van der Waals surface area (Å²) in [7, 11) is -4.67. The van der Waals surface area contributed by atoms with Crippen molar-refractivity contribution in [2.45, 2.75) is 168 Å². The summed E-state index contributed by atoms with van der Waals surface area (Å²) in [6, 6.07) is 0. The van der Waals surface area contributed by atoms with E-state index in [4.69, 9.17) is 22.3 Å². The maximum atomic E-state index is 8.74. The monoisotopic (exact) mass is 508 g/mol. The van der Waals surface area contributed by atoms with Crippen molar-refractivity contribution >= 4 is 10.4 Å². The van der Waals surface area contributed by atoms with Crippen LogP contribution in [0.15, 0.2) is 0 Å². The Morgan fingerprint density at radius 2 is 0.588 bits per heavy atom. The normalized spacial score (nSPS) is 11.4.